The van der Waals surface area contributed by atoms with Gasteiger partial charge in [0.2, 0.25) is 5.91 Å². The highest BCUT2D eigenvalue weighted by atomic mass is 35.5. The third-order valence-electron chi connectivity index (χ3n) is 14.4. The molecule has 3 saturated heterocycles. The number of imidazole rings is 1. The number of halogens is 2. The van der Waals surface area contributed by atoms with Gasteiger partial charge in [-0.2, -0.15) is 4.68 Å². The van der Waals surface area contributed by atoms with Gasteiger partial charge in [-0.1, -0.05) is 34.5 Å². The number of carbonyl (C=O) groups excluding carboxylic acids is 3. The van der Waals surface area contributed by atoms with E-state index in [1.807, 2.05) is 18.2 Å². The lowest BCUT2D eigenvalue weighted by Crippen LogP contribution is -2.59. The second-order valence-corrected chi connectivity index (χ2v) is 19.0. The zero-order chi connectivity index (χ0) is 44.4. The number of hydrogen-bond acceptors (Lipinski definition) is 13. The number of anilines is 4. The number of aromatic nitrogens is 7. The molecule has 11 rings (SSSR count). The molecule has 3 amide bonds. The highest BCUT2D eigenvalue weighted by Gasteiger charge is 2.48. The van der Waals surface area contributed by atoms with Crippen molar-refractivity contribution >= 4 is 85.9 Å². The van der Waals surface area contributed by atoms with Crippen LogP contribution >= 0.6 is 23.2 Å². The number of hydrogen-bond donors (Lipinski definition) is 3. The largest absolute Gasteiger partial charge is 0.371 e. The Balaban J connectivity index is 0.648. The van der Waals surface area contributed by atoms with Gasteiger partial charge in [0.05, 0.1) is 27.3 Å². The normalized spacial score (nSPS) is 22.5. The van der Waals surface area contributed by atoms with Gasteiger partial charge in [-0.15, -0.1) is 5.10 Å². The highest BCUT2D eigenvalue weighted by Crippen LogP contribution is 2.51. The predicted octanol–water partition coefficient (Wildman–Crippen LogP) is 5.66. The number of imide groups is 1. The maximum atomic E-state index is 13.5. The van der Waals surface area contributed by atoms with Gasteiger partial charge in [0.15, 0.2) is 17.0 Å². The Morgan fingerprint density at radius 1 is 0.815 bits per heavy atom. The molecule has 1 atom stereocenters. The molecule has 3 aromatic carbocycles. The molecule has 19 heteroatoms. The molecular formula is C46H47Cl2N13O4. The van der Waals surface area contributed by atoms with Gasteiger partial charge in [-0.3, -0.25) is 29.4 Å². The lowest BCUT2D eigenvalue weighted by atomic mass is 9.60. The summed E-state index contributed by atoms with van der Waals surface area (Å²) in [6.07, 6.45) is 9.88. The number of rotatable bonds is 9. The van der Waals surface area contributed by atoms with Crippen LogP contribution in [0.4, 0.5) is 22.9 Å². The Kier molecular flexibility index (Phi) is 10.7. The number of fused-ring (bicyclic) bond motifs is 2. The van der Waals surface area contributed by atoms with Gasteiger partial charge < -0.3 is 25.0 Å². The Labute approximate surface area is 383 Å². The average molecular weight is 917 g/mol. The van der Waals surface area contributed by atoms with E-state index in [9.17, 15) is 19.2 Å². The van der Waals surface area contributed by atoms with Crippen LogP contribution < -0.4 is 31.3 Å². The lowest BCUT2D eigenvalue weighted by Gasteiger charge is -2.56. The number of piperazine rings is 1. The minimum atomic E-state index is -0.843. The first kappa shape index (κ1) is 41.5. The summed E-state index contributed by atoms with van der Waals surface area (Å²) in [6, 6.07) is 19.1. The van der Waals surface area contributed by atoms with E-state index >= 15 is 0 Å². The quantitative estimate of drug-likeness (QED) is 0.151. The summed E-state index contributed by atoms with van der Waals surface area (Å²) in [4.78, 5) is 71.7. The van der Waals surface area contributed by atoms with Gasteiger partial charge in [0.1, 0.15) is 17.9 Å². The van der Waals surface area contributed by atoms with Gasteiger partial charge in [-0.05, 0) is 105 Å². The zero-order valence-corrected chi connectivity index (χ0v) is 37.0. The fourth-order valence-electron chi connectivity index (χ4n) is 10.6. The molecule has 17 nitrogen and oxygen atoms in total. The van der Waals surface area contributed by atoms with Crippen LogP contribution in [-0.4, -0.2) is 108 Å². The first-order valence-corrected chi connectivity index (χ1v) is 23.1. The fourth-order valence-corrected chi connectivity index (χ4v) is 11.1. The smallest absolute Gasteiger partial charge is 0.278 e. The first-order chi connectivity index (χ1) is 31.6. The lowest BCUT2D eigenvalue weighted by molar-refractivity contribution is -0.136. The van der Waals surface area contributed by atoms with E-state index in [0.29, 0.717) is 49.3 Å². The standard InChI is InChI=1S/C46H47Cl2N13O4/c47-34-2-1-3-35(48)39(34)44(64)53-28-20-31(21-28)60-26-51-40-41(49-25-50-42(40)60)52-27-4-6-29(7-5-27)58-16-18-59(19-17-58)32-23-46(24-32)12-14-57(15-13-46)30-8-9-36-33(22-30)45(65)61(56-55-36)37-10-11-38(62)54-43(37)63/h1-9,22,25-26,28,31-32,37H,10-21,23-24H2,(H,53,64)(H,49,50,52)(H,54,62,63)/t28?,31?,37-/m0/s1. The van der Waals surface area contributed by atoms with Crippen molar-refractivity contribution in [2.75, 3.05) is 54.4 Å². The molecule has 0 unspecified atom stereocenters. The number of piperidine rings is 2. The van der Waals surface area contributed by atoms with E-state index in [1.165, 1.54) is 18.5 Å². The van der Waals surface area contributed by atoms with Crippen molar-refractivity contribution < 1.29 is 14.4 Å². The van der Waals surface area contributed by atoms with Crippen LogP contribution in [0.25, 0.3) is 22.1 Å². The number of nitrogens with zero attached hydrogens (tertiary/aromatic N) is 10. The van der Waals surface area contributed by atoms with Crippen molar-refractivity contribution in [3.63, 3.8) is 0 Å². The van der Waals surface area contributed by atoms with Gasteiger partial charge in [0.25, 0.3) is 17.4 Å². The summed E-state index contributed by atoms with van der Waals surface area (Å²) < 4.78 is 3.18. The Morgan fingerprint density at radius 3 is 2.28 bits per heavy atom. The molecule has 3 aliphatic heterocycles. The molecule has 65 heavy (non-hydrogen) atoms. The fraction of sp³-hybridized carbons (Fsp3) is 0.413. The molecular weight excluding hydrogens is 869 g/mol. The molecule has 5 fully saturated rings. The van der Waals surface area contributed by atoms with Crippen LogP contribution in [0.3, 0.4) is 0 Å². The van der Waals surface area contributed by atoms with Crippen LogP contribution in [0.1, 0.15) is 73.8 Å². The van der Waals surface area contributed by atoms with E-state index < -0.39 is 11.9 Å². The first-order valence-electron chi connectivity index (χ1n) is 22.3. The number of benzene rings is 3. The van der Waals surface area contributed by atoms with E-state index in [2.05, 4.69) is 84.7 Å². The van der Waals surface area contributed by atoms with E-state index in [1.54, 1.807) is 30.9 Å². The van der Waals surface area contributed by atoms with Crippen molar-refractivity contribution in [2.24, 2.45) is 5.41 Å². The molecule has 2 saturated carbocycles. The minimum Gasteiger partial charge on any atom is -0.371 e. The summed E-state index contributed by atoms with van der Waals surface area (Å²) in [6.45, 7) is 5.88. The monoisotopic (exact) mass is 915 g/mol. The van der Waals surface area contributed by atoms with Crippen molar-refractivity contribution in [3.8, 4) is 0 Å². The van der Waals surface area contributed by atoms with E-state index in [0.717, 1.165) is 86.7 Å². The third kappa shape index (κ3) is 7.82. The molecule has 0 bridgehead atoms. The zero-order valence-electron chi connectivity index (χ0n) is 35.5. The summed E-state index contributed by atoms with van der Waals surface area (Å²) in [5.74, 6) is -0.492. The van der Waals surface area contributed by atoms with E-state index in [-0.39, 0.29) is 42.3 Å². The topological polar surface area (TPSA) is 188 Å². The van der Waals surface area contributed by atoms with Crippen LogP contribution in [-0.2, 0) is 9.59 Å². The summed E-state index contributed by atoms with van der Waals surface area (Å²) in [7, 11) is 0. The van der Waals surface area contributed by atoms with E-state index in [4.69, 9.17) is 23.2 Å². The molecule has 3 aromatic heterocycles. The summed E-state index contributed by atoms with van der Waals surface area (Å²) in [5, 5.41) is 18.2. The third-order valence-corrected chi connectivity index (χ3v) is 15.0. The maximum absolute atomic E-state index is 13.5. The number of nitrogens with one attached hydrogen (secondary N) is 3. The maximum Gasteiger partial charge on any atom is 0.278 e. The predicted molar refractivity (Wildman–Crippen MR) is 247 cm³/mol. The van der Waals surface area contributed by atoms with Crippen LogP contribution in [0.5, 0.6) is 0 Å². The Bertz CT molecular complexity index is 2870. The Hall–Kier alpha value is -6.17. The van der Waals surface area contributed by atoms with Crippen LogP contribution in [0.2, 0.25) is 10.0 Å². The van der Waals surface area contributed by atoms with Crippen LogP contribution in [0, 0.1) is 5.41 Å². The summed E-state index contributed by atoms with van der Waals surface area (Å²) >= 11 is 12.5. The van der Waals surface area contributed by atoms with Gasteiger partial charge in [-0.25, -0.2) is 15.0 Å². The number of carbonyl (C=O) groups is 3. The molecule has 0 radical (unpaired) electrons. The van der Waals surface area contributed by atoms with Gasteiger partial charge in [0, 0.05) is 80.9 Å². The average Bonchev–Trinajstić information content (AvgIpc) is 3.72. The molecule has 5 aliphatic rings. The molecule has 6 heterocycles. The molecule has 2 aliphatic carbocycles. The Morgan fingerprint density at radius 2 is 1.54 bits per heavy atom. The second kappa shape index (κ2) is 16.7. The van der Waals surface area contributed by atoms with Crippen molar-refractivity contribution in [2.45, 2.75) is 75.5 Å². The molecule has 1 spiro atoms. The highest BCUT2D eigenvalue weighted by molar-refractivity contribution is 6.39. The second-order valence-electron chi connectivity index (χ2n) is 18.2. The van der Waals surface area contributed by atoms with Gasteiger partial charge >= 0.3 is 0 Å². The molecule has 6 aromatic rings. The number of amides is 3. The van der Waals surface area contributed by atoms with Crippen molar-refractivity contribution in [1.82, 2.24) is 50.0 Å². The summed E-state index contributed by atoms with van der Waals surface area (Å²) in [5.41, 5.74) is 5.31. The minimum absolute atomic E-state index is 0.0107. The molecule has 3 N–H and O–H groups in total. The molecule has 334 valence electrons. The van der Waals surface area contributed by atoms with Crippen LogP contribution in [0.15, 0.2) is 78.1 Å². The SMILES string of the molecule is O=C1CC[C@H](n2nnc3ccc(N4CCC5(CC4)CC(N4CCN(c6ccc(Nc7ncnc8c7ncn8C7CC(NC(=O)c8c(Cl)cccc8Cl)C7)cc6)CC4)C5)cc3c2=O)C(=O)N1. The van der Waals surface area contributed by atoms with Crippen molar-refractivity contribution in [1.29, 1.82) is 0 Å². The van der Waals surface area contributed by atoms with Crippen molar-refractivity contribution in [3.05, 3.63) is 99.3 Å².